The van der Waals surface area contributed by atoms with Crippen LogP contribution in [0.3, 0.4) is 0 Å². The minimum absolute atomic E-state index is 0.167. The van der Waals surface area contributed by atoms with Crippen LogP contribution >= 0.6 is 22.9 Å². The van der Waals surface area contributed by atoms with E-state index in [1.165, 1.54) is 15.6 Å². The normalized spacial score (nSPS) is 21.3. The van der Waals surface area contributed by atoms with E-state index in [1.807, 2.05) is 6.07 Å². The number of aliphatic hydroxyl groups excluding tert-OH is 1. The highest BCUT2D eigenvalue weighted by atomic mass is 35.5. The first-order valence-corrected chi connectivity index (χ1v) is 8.53. The van der Waals surface area contributed by atoms with E-state index in [0.29, 0.717) is 23.4 Å². The zero-order valence-corrected chi connectivity index (χ0v) is 12.3. The Labute approximate surface area is 120 Å². The fourth-order valence-electron chi connectivity index (χ4n) is 2.25. The number of aliphatic hydroxyl groups is 1. The van der Waals surface area contributed by atoms with Crippen molar-refractivity contribution < 1.29 is 13.5 Å². The molecule has 2 heterocycles. The Morgan fingerprint density at radius 3 is 2.89 bits per heavy atom. The van der Waals surface area contributed by atoms with Crippen LogP contribution in [0.2, 0.25) is 5.02 Å². The van der Waals surface area contributed by atoms with Crippen LogP contribution in [0.5, 0.6) is 0 Å². The standard InChI is InChI=1S/C12H12ClNO3S2/c13-8-1-2-11-10(5-8)12(7-18-11)19(16,17)14-4-3-9(15)6-14/h1-2,5,7,9,15H,3-4,6H2/t9-/m1/s1. The monoisotopic (exact) mass is 317 g/mol. The summed E-state index contributed by atoms with van der Waals surface area (Å²) in [6.45, 7) is 0.529. The second kappa shape index (κ2) is 4.71. The van der Waals surface area contributed by atoms with Crippen LogP contribution in [0, 0.1) is 0 Å². The average molecular weight is 318 g/mol. The molecule has 0 spiro atoms. The molecule has 7 heteroatoms. The number of nitrogens with zero attached hydrogens (tertiary/aromatic N) is 1. The number of thiophene rings is 1. The largest absolute Gasteiger partial charge is 0.392 e. The molecule has 19 heavy (non-hydrogen) atoms. The van der Waals surface area contributed by atoms with Crippen molar-refractivity contribution >= 4 is 43.0 Å². The van der Waals surface area contributed by atoms with Crippen LogP contribution in [-0.2, 0) is 10.0 Å². The summed E-state index contributed by atoms with van der Waals surface area (Å²) >= 11 is 7.32. The van der Waals surface area contributed by atoms with Gasteiger partial charge in [-0.3, -0.25) is 0 Å². The molecule has 1 aromatic carbocycles. The van der Waals surface area contributed by atoms with Crippen LogP contribution in [0.15, 0.2) is 28.5 Å². The predicted molar refractivity (Wildman–Crippen MR) is 76.2 cm³/mol. The van der Waals surface area contributed by atoms with Crippen LogP contribution in [0.1, 0.15) is 6.42 Å². The number of fused-ring (bicyclic) bond motifs is 1. The molecule has 0 radical (unpaired) electrons. The van der Waals surface area contributed by atoms with E-state index < -0.39 is 16.1 Å². The number of hydrogen-bond donors (Lipinski definition) is 1. The van der Waals surface area contributed by atoms with Crippen molar-refractivity contribution in [3.8, 4) is 0 Å². The van der Waals surface area contributed by atoms with Crippen molar-refractivity contribution in [2.24, 2.45) is 0 Å². The Hall–Kier alpha value is -0.660. The minimum Gasteiger partial charge on any atom is -0.392 e. The molecule has 4 nitrogen and oxygen atoms in total. The molecule has 0 saturated carbocycles. The highest BCUT2D eigenvalue weighted by molar-refractivity contribution is 7.89. The molecule has 3 rings (SSSR count). The van der Waals surface area contributed by atoms with Crippen molar-refractivity contribution in [2.45, 2.75) is 17.4 Å². The second-order valence-electron chi connectivity index (χ2n) is 4.55. The van der Waals surface area contributed by atoms with E-state index in [2.05, 4.69) is 0 Å². The Morgan fingerprint density at radius 2 is 2.21 bits per heavy atom. The number of rotatable bonds is 2. The van der Waals surface area contributed by atoms with Gasteiger partial charge in [-0.1, -0.05) is 11.6 Å². The number of hydrogen-bond acceptors (Lipinski definition) is 4. The summed E-state index contributed by atoms with van der Waals surface area (Å²) in [5.74, 6) is 0. The molecule has 0 amide bonds. The summed E-state index contributed by atoms with van der Waals surface area (Å²) in [6, 6.07) is 5.24. The van der Waals surface area contributed by atoms with Gasteiger partial charge >= 0.3 is 0 Å². The maximum Gasteiger partial charge on any atom is 0.244 e. The quantitative estimate of drug-likeness (QED) is 0.924. The van der Waals surface area contributed by atoms with Gasteiger partial charge in [-0.15, -0.1) is 11.3 Å². The molecule has 1 N–H and O–H groups in total. The smallest absolute Gasteiger partial charge is 0.244 e. The average Bonchev–Trinajstić information content (AvgIpc) is 2.95. The van der Waals surface area contributed by atoms with Gasteiger partial charge < -0.3 is 5.11 Å². The zero-order chi connectivity index (χ0) is 13.6. The van der Waals surface area contributed by atoms with Crippen molar-refractivity contribution in [1.29, 1.82) is 0 Å². The molecule has 2 aromatic rings. The molecule has 1 saturated heterocycles. The Kier molecular flexibility index (Phi) is 3.31. The number of halogens is 1. The Balaban J connectivity index is 2.11. The molecule has 0 aliphatic carbocycles. The maximum atomic E-state index is 12.5. The van der Waals surface area contributed by atoms with E-state index in [9.17, 15) is 13.5 Å². The van der Waals surface area contributed by atoms with E-state index in [1.54, 1.807) is 17.5 Å². The van der Waals surface area contributed by atoms with Crippen LogP contribution in [0.25, 0.3) is 10.1 Å². The molecular weight excluding hydrogens is 306 g/mol. The second-order valence-corrected chi connectivity index (χ2v) is 7.80. The van der Waals surface area contributed by atoms with E-state index in [0.717, 1.165) is 4.70 Å². The molecule has 1 aliphatic rings. The highest BCUT2D eigenvalue weighted by Crippen LogP contribution is 2.34. The maximum absolute atomic E-state index is 12.5. The number of benzene rings is 1. The van der Waals surface area contributed by atoms with E-state index >= 15 is 0 Å². The predicted octanol–water partition coefficient (Wildman–Crippen LogP) is 2.31. The first-order valence-electron chi connectivity index (χ1n) is 5.83. The highest BCUT2D eigenvalue weighted by Gasteiger charge is 2.33. The van der Waals surface area contributed by atoms with Gasteiger partial charge in [-0.05, 0) is 24.6 Å². The summed E-state index contributed by atoms with van der Waals surface area (Å²) in [6.07, 6.45) is -0.0783. The molecular formula is C12H12ClNO3S2. The summed E-state index contributed by atoms with van der Waals surface area (Å²) < 4.78 is 27.3. The van der Waals surface area contributed by atoms with Gasteiger partial charge in [0.1, 0.15) is 4.90 Å². The van der Waals surface area contributed by atoms with Crippen molar-refractivity contribution in [3.05, 3.63) is 28.6 Å². The molecule has 1 aliphatic heterocycles. The first kappa shape index (κ1) is 13.3. The third-order valence-electron chi connectivity index (χ3n) is 3.24. The van der Waals surface area contributed by atoms with Gasteiger partial charge in [-0.2, -0.15) is 4.31 Å². The SMILES string of the molecule is O=S(=O)(c1csc2ccc(Cl)cc12)N1CC[C@@H](O)C1. The third-order valence-corrected chi connectivity index (χ3v) is 6.50. The summed E-state index contributed by atoms with van der Waals surface area (Å²) in [4.78, 5) is 0.282. The van der Waals surface area contributed by atoms with Crippen molar-refractivity contribution in [3.63, 3.8) is 0 Å². The van der Waals surface area contributed by atoms with Gasteiger partial charge in [0, 0.05) is 33.6 Å². The zero-order valence-electron chi connectivity index (χ0n) is 9.91. The van der Waals surface area contributed by atoms with Crippen molar-refractivity contribution in [2.75, 3.05) is 13.1 Å². The first-order chi connectivity index (χ1) is 8.98. The number of β-amino-alcohol motifs (C(OH)–C–C–N with tert-alkyl or cyclic N) is 1. The molecule has 0 unspecified atom stereocenters. The fraction of sp³-hybridized carbons (Fsp3) is 0.333. The molecule has 1 atom stereocenters. The minimum atomic E-state index is -3.55. The summed E-state index contributed by atoms with van der Waals surface area (Å²) in [5.41, 5.74) is 0. The van der Waals surface area contributed by atoms with Crippen LogP contribution in [0.4, 0.5) is 0 Å². The third kappa shape index (κ3) is 2.28. The lowest BCUT2D eigenvalue weighted by atomic mass is 10.3. The number of sulfonamides is 1. The topological polar surface area (TPSA) is 57.6 Å². The van der Waals surface area contributed by atoms with E-state index in [4.69, 9.17) is 11.6 Å². The lowest BCUT2D eigenvalue weighted by Gasteiger charge is -2.15. The van der Waals surface area contributed by atoms with Crippen LogP contribution < -0.4 is 0 Å². The Morgan fingerprint density at radius 1 is 1.42 bits per heavy atom. The van der Waals surface area contributed by atoms with Gasteiger partial charge in [-0.25, -0.2) is 8.42 Å². The van der Waals surface area contributed by atoms with Gasteiger partial charge in [0.05, 0.1) is 6.10 Å². The summed E-state index contributed by atoms with van der Waals surface area (Å²) in [5, 5.41) is 12.3. The summed E-state index contributed by atoms with van der Waals surface area (Å²) in [7, 11) is -3.55. The molecule has 102 valence electrons. The van der Waals surface area contributed by atoms with Gasteiger partial charge in [0.2, 0.25) is 10.0 Å². The fourth-order valence-corrected chi connectivity index (χ4v) is 5.36. The lowest BCUT2D eigenvalue weighted by molar-refractivity contribution is 0.189. The Bertz CT molecular complexity index is 726. The van der Waals surface area contributed by atoms with Crippen molar-refractivity contribution in [1.82, 2.24) is 4.31 Å². The molecule has 1 fully saturated rings. The van der Waals surface area contributed by atoms with E-state index in [-0.39, 0.29) is 11.4 Å². The van der Waals surface area contributed by atoms with Gasteiger partial charge in [0.15, 0.2) is 0 Å². The molecule has 0 bridgehead atoms. The lowest BCUT2D eigenvalue weighted by Crippen LogP contribution is -2.29. The molecule has 1 aromatic heterocycles. The van der Waals surface area contributed by atoms with Crippen LogP contribution in [-0.4, -0.2) is 37.0 Å². The van der Waals surface area contributed by atoms with Gasteiger partial charge in [0.25, 0.3) is 0 Å².